The minimum absolute atomic E-state index is 0. The van der Waals surface area contributed by atoms with Crippen LogP contribution >= 0.6 is 0 Å². The normalized spacial score (nSPS) is 0. The van der Waals surface area contributed by atoms with Crippen LogP contribution < -0.4 is 0 Å². The van der Waals surface area contributed by atoms with Crippen molar-refractivity contribution < 1.29 is 32.7 Å². The Labute approximate surface area is 39.5 Å². The summed E-state index contributed by atoms with van der Waals surface area (Å²) in [5.41, 5.74) is 0. The molecule has 3 nitrogen and oxygen atoms in total. The van der Waals surface area contributed by atoms with Gasteiger partial charge in [-0.15, -0.1) is 0 Å². The van der Waals surface area contributed by atoms with E-state index in [1.807, 2.05) is 0 Å². The van der Waals surface area contributed by atoms with Crippen molar-refractivity contribution in [1.29, 1.82) is 0 Å². The molecule has 0 rings (SSSR count). The molecule has 0 fully saturated rings. The Morgan fingerprint density at radius 1 is 0.750 bits per heavy atom. The van der Waals surface area contributed by atoms with Gasteiger partial charge in [0.2, 0.25) is 0 Å². The molecule has 0 aliphatic rings. The monoisotopic (exact) mass is 96.0 g/mol. The predicted molar refractivity (Wildman–Crippen MR) is 6.66 cm³/mol. The summed E-state index contributed by atoms with van der Waals surface area (Å²) >= 11 is 0. The molecule has 0 unspecified atom stereocenters. The van der Waals surface area contributed by atoms with E-state index in [2.05, 4.69) is 0 Å². The third kappa shape index (κ3) is 18.7. The molecule has 0 heterocycles. The van der Waals surface area contributed by atoms with Crippen molar-refractivity contribution in [2.24, 2.45) is 0 Å². The van der Waals surface area contributed by atoms with Gasteiger partial charge in [-0.3, -0.25) is 0 Å². The van der Waals surface area contributed by atoms with Gasteiger partial charge in [-0.25, -0.2) is 0 Å². The molecule has 24 valence electrons. The summed E-state index contributed by atoms with van der Waals surface area (Å²) in [4.78, 5) is 0. The summed E-state index contributed by atoms with van der Waals surface area (Å²) in [7, 11) is 0. The SMILES string of the molecule is [NH2-].[O-2].[O-2].[Ti+4]. The van der Waals surface area contributed by atoms with Crippen LogP contribution in [0, 0.1) is 0 Å². The zero-order chi connectivity index (χ0) is 0. The second-order valence-electron chi connectivity index (χ2n) is 0. The molecule has 0 amide bonds. The fourth-order valence-electron chi connectivity index (χ4n) is 0. The minimum atomic E-state index is 0. The van der Waals surface area contributed by atoms with Gasteiger partial charge in [-0.1, -0.05) is 0 Å². The predicted octanol–water partition coefficient (Wildman–Crippen LogP) is 0.477. The molecular formula is H2NO2Ti-. The van der Waals surface area contributed by atoms with E-state index >= 15 is 0 Å². The zero-order valence-corrected chi connectivity index (χ0v) is 3.46. The molecule has 0 aliphatic heterocycles. The van der Waals surface area contributed by atoms with Gasteiger partial charge < -0.3 is 17.1 Å². The van der Waals surface area contributed by atoms with Crippen molar-refractivity contribution >= 4 is 0 Å². The van der Waals surface area contributed by atoms with Crippen LogP contribution in [0.4, 0.5) is 0 Å². The molecule has 0 aromatic heterocycles. The quantitative estimate of drug-likeness (QED) is 0.392. The maximum absolute atomic E-state index is 0. The van der Waals surface area contributed by atoms with Crippen LogP contribution in [0.3, 0.4) is 0 Å². The van der Waals surface area contributed by atoms with Gasteiger partial charge in [0.05, 0.1) is 0 Å². The second kappa shape index (κ2) is 68.5. The fourth-order valence-corrected chi connectivity index (χ4v) is 0. The van der Waals surface area contributed by atoms with Gasteiger partial charge in [-0.2, -0.15) is 0 Å². The first-order valence-corrected chi connectivity index (χ1v) is 0. The summed E-state index contributed by atoms with van der Waals surface area (Å²) in [6.07, 6.45) is 0. The first-order valence-electron chi connectivity index (χ1n) is 0. The van der Waals surface area contributed by atoms with E-state index in [-0.39, 0.29) is 38.8 Å². The average Bonchev–Trinajstić information content (AvgIpc) is 0. The zero-order valence-electron chi connectivity index (χ0n) is 1.89. The number of nitrogens with two attached hydrogens (primary N) is 1. The molecule has 2 N–H and O–H groups in total. The number of hydrogen-bond acceptors (Lipinski definition) is 0. The van der Waals surface area contributed by atoms with Gasteiger partial charge in [0.1, 0.15) is 0 Å². The topological polar surface area (TPSA) is 90.5 Å². The van der Waals surface area contributed by atoms with Crippen molar-refractivity contribution in [3.8, 4) is 0 Å². The molecule has 0 aromatic carbocycles. The van der Waals surface area contributed by atoms with Crippen molar-refractivity contribution in [3.63, 3.8) is 0 Å². The van der Waals surface area contributed by atoms with E-state index in [9.17, 15) is 0 Å². The van der Waals surface area contributed by atoms with Crippen molar-refractivity contribution in [2.75, 3.05) is 0 Å². The van der Waals surface area contributed by atoms with Crippen LogP contribution in [0.2, 0.25) is 0 Å². The Kier molecular flexibility index (Phi) is 2880. The summed E-state index contributed by atoms with van der Waals surface area (Å²) in [5.74, 6) is 0. The molecule has 0 atom stereocenters. The van der Waals surface area contributed by atoms with Crippen LogP contribution in [0.25, 0.3) is 6.15 Å². The van der Waals surface area contributed by atoms with Crippen molar-refractivity contribution in [1.82, 2.24) is 0 Å². The standard InChI is InChI=1S/H2N.2O.Ti/h1H2;;;/q-1;2*-2;+4. The summed E-state index contributed by atoms with van der Waals surface area (Å²) in [6, 6.07) is 0. The second-order valence-corrected chi connectivity index (χ2v) is 0. The Balaban J connectivity index is 0. The van der Waals surface area contributed by atoms with Crippen LogP contribution in [0.5, 0.6) is 0 Å². The van der Waals surface area contributed by atoms with Gasteiger partial charge in [0.15, 0.2) is 0 Å². The van der Waals surface area contributed by atoms with Crippen molar-refractivity contribution in [2.45, 2.75) is 0 Å². The Morgan fingerprint density at radius 2 is 0.750 bits per heavy atom. The largest absolute Gasteiger partial charge is 4.00 e. The van der Waals surface area contributed by atoms with Crippen LogP contribution in [-0.4, -0.2) is 0 Å². The first kappa shape index (κ1) is 168. The van der Waals surface area contributed by atoms with E-state index in [0.717, 1.165) is 0 Å². The third-order valence-electron chi connectivity index (χ3n) is 0. The smallest absolute Gasteiger partial charge is 2.00 e. The van der Waals surface area contributed by atoms with E-state index in [0.29, 0.717) is 0 Å². The molecule has 0 aromatic rings. The molecule has 4 heteroatoms. The molecule has 0 spiro atoms. The molecule has 4 heavy (non-hydrogen) atoms. The number of rotatable bonds is 0. The van der Waals surface area contributed by atoms with E-state index in [1.165, 1.54) is 0 Å². The Morgan fingerprint density at radius 3 is 0.750 bits per heavy atom. The molecule has 0 aliphatic carbocycles. The van der Waals surface area contributed by atoms with E-state index in [4.69, 9.17) is 0 Å². The Hall–Kier alpha value is 0.594. The third-order valence-corrected chi connectivity index (χ3v) is 0. The molecule has 0 radical (unpaired) electrons. The molecule has 0 bridgehead atoms. The van der Waals surface area contributed by atoms with Crippen LogP contribution in [-0.2, 0) is 32.7 Å². The van der Waals surface area contributed by atoms with Gasteiger partial charge in [0, 0.05) is 0 Å². The summed E-state index contributed by atoms with van der Waals surface area (Å²) in [5, 5.41) is 0. The van der Waals surface area contributed by atoms with E-state index < -0.39 is 0 Å². The van der Waals surface area contributed by atoms with E-state index in [1.54, 1.807) is 0 Å². The van der Waals surface area contributed by atoms with Crippen LogP contribution in [0.15, 0.2) is 0 Å². The minimum Gasteiger partial charge on any atom is -2.00 e. The Bertz CT molecular complexity index is 6.00. The molecule has 0 saturated heterocycles. The van der Waals surface area contributed by atoms with Crippen molar-refractivity contribution in [3.05, 3.63) is 6.15 Å². The summed E-state index contributed by atoms with van der Waals surface area (Å²) in [6.45, 7) is 0. The maximum atomic E-state index is 0. The van der Waals surface area contributed by atoms with Gasteiger partial charge in [-0.05, 0) is 0 Å². The summed E-state index contributed by atoms with van der Waals surface area (Å²) < 4.78 is 0. The number of hydrogen-bond donors (Lipinski definition) is 0. The van der Waals surface area contributed by atoms with Gasteiger partial charge in [0.25, 0.3) is 0 Å². The molecular weight excluding hydrogens is 93.9 g/mol. The van der Waals surface area contributed by atoms with Crippen LogP contribution in [0.1, 0.15) is 0 Å². The first-order chi connectivity index (χ1) is 0. The fraction of sp³-hybridized carbons (Fsp3) is 0. The molecule has 0 saturated carbocycles. The average molecular weight is 95.9 g/mol. The maximum Gasteiger partial charge on any atom is 4.00 e. The van der Waals surface area contributed by atoms with Gasteiger partial charge >= 0.3 is 21.7 Å².